The number of rotatable bonds is 5. The number of hydrogen-bond acceptors (Lipinski definition) is 3. The first-order valence-electron chi connectivity index (χ1n) is 9.31. The fourth-order valence-electron chi connectivity index (χ4n) is 3.19. The average Bonchev–Trinajstić information content (AvgIpc) is 2.60. The molecule has 5 nitrogen and oxygen atoms in total. The van der Waals surface area contributed by atoms with Crippen LogP contribution >= 0.6 is 0 Å². The molecule has 1 atom stereocenters. The van der Waals surface area contributed by atoms with Crippen molar-refractivity contribution in [3.05, 3.63) is 53.6 Å². The summed E-state index contributed by atoms with van der Waals surface area (Å²) in [6.07, 6.45) is -0.0841. The predicted molar refractivity (Wildman–Crippen MR) is 107 cm³/mol. The molecule has 142 valence electrons. The molecule has 2 aromatic rings. The van der Waals surface area contributed by atoms with Gasteiger partial charge in [0.2, 0.25) is 5.91 Å². The maximum atomic E-state index is 12.8. The highest BCUT2D eigenvalue weighted by Gasteiger charge is 2.32. The van der Waals surface area contributed by atoms with Crippen molar-refractivity contribution in [2.75, 3.05) is 10.2 Å². The van der Waals surface area contributed by atoms with Crippen molar-refractivity contribution in [3.63, 3.8) is 0 Å². The van der Waals surface area contributed by atoms with Crippen molar-refractivity contribution in [1.29, 1.82) is 0 Å². The molecule has 1 heterocycles. The monoisotopic (exact) mass is 366 g/mol. The average molecular weight is 366 g/mol. The minimum absolute atomic E-state index is 0.0353. The third kappa shape index (κ3) is 4.30. The van der Waals surface area contributed by atoms with Gasteiger partial charge in [-0.05, 0) is 49.1 Å². The van der Waals surface area contributed by atoms with Crippen LogP contribution in [0, 0.1) is 12.8 Å². The molecule has 0 aliphatic carbocycles. The fourth-order valence-corrected chi connectivity index (χ4v) is 3.19. The van der Waals surface area contributed by atoms with E-state index in [1.54, 1.807) is 11.8 Å². The molecule has 27 heavy (non-hydrogen) atoms. The Bertz CT molecular complexity index is 860. The predicted octanol–water partition coefficient (Wildman–Crippen LogP) is 4.29. The lowest BCUT2D eigenvalue weighted by molar-refractivity contribution is -0.125. The Morgan fingerprint density at radius 3 is 2.67 bits per heavy atom. The summed E-state index contributed by atoms with van der Waals surface area (Å²) in [7, 11) is 0. The first kappa shape index (κ1) is 19.0. The zero-order valence-corrected chi connectivity index (χ0v) is 16.3. The number of anilines is 2. The molecule has 0 aromatic heterocycles. The summed E-state index contributed by atoms with van der Waals surface area (Å²) in [5.74, 6) is 0.812. The van der Waals surface area contributed by atoms with Crippen molar-refractivity contribution in [1.82, 2.24) is 0 Å². The number of hydrogen-bond donors (Lipinski definition) is 1. The van der Waals surface area contributed by atoms with Gasteiger partial charge in [0.15, 0.2) is 6.10 Å². The lowest BCUT2D eigenvalue weighted by atomic mass is 10.1. The highest BCUT2D eigenvalue weighted by Crippen LogP contribution is 2.37. The van der Waals surface area contributed by atoms with Crippen LogP contribution in [0.25, 0.3) is 0 Å². The van der Waals surface area contributed by atoms with Crippen molar-refractivity contribution in [3.8, 4) is 5.75 Å². The molecule has 2 amide bonds. The topological polar surface area (TPSA) is 58.6 Å². The van der Waals surface area contributed by atoms with E-state index in [-0.39, 0.29) is 17.7 Å². The van der Waals surface area contributed by atoms with E-state index in [1.165, 1.54) is 0 Å². The van der Waals surface area contributed by atoms with Gasteiger partial charge in [0.1, 0.15) is 5.75 Å². The lowest BCUT2D eigenvalue weighted by Gasteiger charge is -2.33. The van der Waals surface area contributed by atoms with Gasteiger partial charge in [-0.25, -0.2) is 0 Å². The van der Waals surface area contributed by atoms with Crippen molar-refractivity contribution in [2.45, 2.75) is 46.8 Å². The summed E-state index contributed by atoms with van der Waals surface area (Å²) < 4.78 is 5.76. The van der Waals surface area contributed by atoms with Crippen LogP contribution < -0.4 is 15.0 Å². The molecule has 1 aliphatic rings. The van der Waals surface area contributed by atoms with Crippen LogP contribution in [0.15, 0.2) is 42.5 Å². The summed E-state index contributed by atoms with van der Waals surface area (Å²) in [6.45, 7) is 8.27. The lowest BCUT2D eigenvalue weighted by Crippen LogP contribution is -2.44. The molecule has 1 N–H and O–H groups in total. The Morgan fingerprint density at radius 2 is 1.96 bits per heavy atom. The van der Waals surface area contributed by atoms with Crippen LogP contribution in [-0.4, -0.2) is 17.9 Å². The highest BCUT2D eigenvalue weighted by atomic mass is 16.5. The molecule has 1 aliphatic heterocycles. The third-order valence-corrected chi connectivity index (χ3v) is 4.63. The molecular weight excluding hydrogens is 340 g/mol. The van der Waals surface area contributed by atoms with E-state index in [2.05, 4.69) is 5.32 Å². The van der Waals surface area contributed by atoms with Crippen LogP contribution in [0.2, 0.25) is 0 Å². The largest absolute Gasteiger partial charge is 0.479 e. The molecule has 0 radical (unpaired) electrons. The zero-order valence-electron chi connectivity index (χ0n) is 16.3. The number of nitrogens with one attached hydrogen (secondary N) is 1. The van der Waals surface area contributed by atoms with Gasteiger partial charge < -0.3 is 15.0 Å². The van der Waals surface area contributed by atoms with Crippen LogP contribution in [0.4, 0.5) is 11.4 Å². The minimum atomic E-state index is -0.539. The van der Waals surface area contributed by atoms with Crippen LogP contribution in [0.3, 0.4) is 0 Å². The number of carbonyl (C=O) groups is 2. The molecule has 1 unspecified atom stereocenters. The molecule has 2 aromatic carbocycles. The molecule has 0 fully saturated rings. The summed E-state index contributed by atoms with van der Waals surface area (Å²) in [6, 6.07) is 13.5. The number of aryl methyl sites for hydroxylation is 1. The first-order chi connectivity index (χ1) is 12.8. The Balaban J connectivity index is 1.91. The van der Waals surface area contributed by atoms with Gasteiger partial charge in [-0.15, -0.1) is 0 Å². The van der Waals surface area contributed by atoms with Crippen LogP contribution in [0.5, 0.6) is 5.75 Å². The second kappa shape index (κ2) is 7.82. The van der Waals surface area contributed by atoms with Gasteiger partial charge in [-0.3, -0.25) is 9.59 Å². The Kier molecular flexibility index (Phi) is 5.49. The number of fused-ring (bicyclic) bond motifs is 1. The smallest absolute Gasteiger partial charge is 0.268 e. The minimum Gasteiger partial charge on any atom is -0.479 e. The molecule has 3 rings (SSSR count). The SMILES string of the molecule is Cc1ccccc1CN1C(=O)C(C)Oc2ccc(NC(=O)CC(C)C)cc21. The number of nitrogens with zero attached hydrogens (tertiary/aromatic N) is 1. The molecule has 0 bridgehead atoms. The highest BCUT2D eigenvalue weighted by molar-refractivity contribution is 6.01. The van der Waals surface area contributed by atoms with Gasteiger partial charge in [0.05, 0.1) is 12.2 Å². The zero-order chi connectivity index (χ0) is 19.6. The summed E-state index contributed by atoms with van der Waals surface area (Å²) >= 11 is 0. The van der Waals surface area contributed by atoms with Gasteiger partial charge in [0, 0.05) is 12.1 Å². The van der Waals surface area contributed by atoms with Gasteiger partial charge in [-0.2, -0.15) is 0 Å². The Morgan fingerprint density at radius 1 is 1.22 bits per heavy atom. The van der Waals surface area contributed by atoms with E-state index < -0.39 is 6.10 Å². The van der Waals surface area contributed by atoms with E-state index in [0.29, 0.717) is 30.1 Å². The van der Waals surface area contributed by atoms with Gasteiger partial charge in [-0.1, -0.05) is 38.1 Å². The second-order valence-corrected chi connectivity index (χ2v) is 7.44. The number of benzene rings is 2. The van der Waals surface area contributed by atoms with E-state index in [0.717, 1.165) is 11.1 Å². The molecule has 0 spiro atoms. The van der Waals surface area contributed by atoms with Gasteiger partial charge in [0.25, 0.3) is 5.91 Å². The summed E-state index contributed by atoms with van der Waals surface area (Å²) in [5, 5.41) is 2.91. The fraction of sp³-hybridized carbons (Fsp3) is 0.364. The summed E-state index contributed by atoms with van der Waals surface area (Å²) in [4.78, 5) is 26.6. The summed E-state index contributed by atoms with van der Waals surface area (Å²) in [5.41, 5.74) is 3.57. The molecule has 5 heteroatoms. The Labute approximate surface area is 160 Å². The van der Waals surface area contributed by atoms with Crippen LogP contribution in [0.1, 0.15) is 38.3 Å². The maximum absolute atomic E-state index is 12.8. The Hall–Kier alpha value is -2.82. The molecule has 0 saturated heterocycles. The second-order valence-electron chi connectivity index (χ2n) is 7.44. The normalized spacial score (nSPS) is 16.1. The number of amides is 2. The van der Waals surface area contributed by atoms with Crippen LogP contribution in [-0.2, 0) is 16.1 Å². The third-order valence-electron chi connectivity index (χ3n) is 4.63. The maximum Gasteiger partial charge on any atom is 0.268 e. The number of carbonyl (C=O) groups excluding carboxylic acids is 2. The van der Waals surface area contributed by atoms with E-state index in [1.807, 2.05) is 63.2 Å². The van der Waals surface area contributed by atoms with Crippen molar-refractivity contribution < 1.29 is 14.3 Å². The van der Waals surface area contributed by atoms with E-state index in [4.69, 9.17) is 4.74 Å². The van der Waals surface area contributed by atoms with E-state index in [9.17, 15) is 9.59 Å². The van der Waals surface area contributed by atoms with Crippen molar-refractivity contribution >= 4 is 23.2 Å². The molecular formula is C22H26N2O3. The molecule has 0 saturated carbocycles. The standard InChI is InChI=1S/C22H26N2O3/c1-14(2)11-21(25)23-18-9-10-20-19(12-18)24(22(26)16(4)27-20)13-17-8-6-5-7-15(17)3/h5-10,12,14,16H,11,13H2,1-4H3,(H,23,25). The van der Waals surface area contributed by atoms with E-state index >= 15 is 0 Å². The van der Waals surface area contributed by atoms with Gasteiger partial charge >= 0.3 is 0 Å². The van der Waals surface area contributed by atoms with Crippen molar-refractivity contribution in [2.24, 2.45) is 5.92 Å². The first-order valence-corrected chi connectivity index (χ1v) is 9.31. The quantitative estimate of drug-likeness (QED) is 0.859. The number of ether oxygens (including phenoxy) is 1.